The van der Waals surface area contributed by atoms with Gasteiger partial charge in [-0.2, -0.15) is 0 Å². The highest BCUT2D eigenvalue weighted by molar-refractivity contribution is 5.67. The lowest BCUT2D eigenvalue weighted by Gasteiger charge is -2.45. The molecule has 0 saturated heterocycles. The van der Waals surface area contributed by atoms with Crippen molar-refractivity contribution in [2.75, 3.05) is 20.1 Å². The molecule has 1 saturated carbocycles. The number of carbonyl (C=O) groups is 1. The summed E-state index contributed by atoms with van der Waals surface area (Å²) in [7, 11) is 1.80. The van der Waals surface area contributed by atoms with Crippen LogP contribution in [0.25, 0.3) is 0 Å². The Hall–Kier alpha value is -0.770. The van der Waals surface area contributed by atoms with Crippen molar-refractivity contribution in [3.05, 3.63) is 0 Å². The number of carbonyl (C=O) groups excluding carboxylic acids is 1. The topological polar surface area (TPSA) is 41.6 Å². The molecule has 0 spiro atoms. The molecule has 22 heavy (non-hydrogen) atoms. The zero-order valence-electron chi connectivity index (χ0n) is 15.9. The van der Waals surface area contributed by atoms with Crippen LogP contribution >= 0.6 is 0 Å². The predicted octanol–water partition coefficient (Wildman–Crippen LogP) is 4.05. The van der Waals surface area contributed by atoms with E-state index in [0.29, 0.717) is 23.4 Å². The predicted molar refractivity (Wildman–Crippen MR) is 92.1 cm³/mol. The minimum Gasteiger partial charge on any atom is -0.444 e. The second kappa shape index (κ2) is 6.77. The normalized spacial score (nSPS) is 21.5. The third-order valence-electron chi connectivity index (χ3n) is 4.14. The molecule has 0 unspecified atom stereocenters. The number of hydrogen-bond acceptors (Lipinski definition) is 3. The molecule has 1 amide bonds. The fourth-order valence-corrected chi connectivity index (χ4v) is 3.86. The van der Waals surface area contributed by atoms with E-state index in [-0.39, 0.29) is 6.09 Å². The average molecular weight is 312 g/mol. The van der Waals surface area contributed by atoms with Gasteiger partial charge < -0.3 is 15.0 Å². The van der Waals surface area contributed by atoms with Crippen molar-refractivity contribution in [2.24, 2.45) is 10.8 Å². The Bertz CT molecular complexity index is 367. The Morgan fingerprint density at radius 1 is 1.18 bits per heavy atom. The first-order valence-corrected chi connectivity index (χ1v) is 8.47. The highest BCUT2D eigenvalue weighted by Crippen LogP contribution is 2.45. The molecule has 0 heterocycles. The van der Waals surface area contributed by atoms with Crippen molar-refractivity contribution in [1.29, 1.82) is 0 Å². The Balaban J connectivity index is 2.39. The molecule has 1 fully saturated rings. The van der Waals surface area contributed by atoms with Crippen LogP contribution in [0.15, 0.2) is 0 Å². The standard InChI is InChI=1S/C18H36N2O2/c1-16(2,3)22-15(21)20(8)10-9-19-14-11-17(4,5)13-18(6,7)12-14/h14,19H,9-13H2,1-8H3. The lowest BCUT2D eigenvalue weighted by atomic mass is 9.63. The Kier molecular flexibility index (Phi) is 5.94. The summed E-state index contributed by atoms with van der Waals surface area (Å²) in [6, 6.07) is 0.533. The van der Waals surface area contributed by atoms with Crippen LogP contribution in [0.4, 0.5) is 4.79 Å². The first-order chi connectivity index (χ1) is 9.80. The Morgan fingerprint density at radius 2 is 1.68 bits per heavy atom. The van der Waals surface area contributed by atoms with E-state index in [1.807, 2.05) is 20.8 Å². The molecule has 1 aliphatic rings. The number of ether oxygens (including phenoxy) is 1. The number of likely N-dealkylation sites (N-methyl/N-ethyl adjacent to an activating group) is 1. The van der Waals surface area contributed by atoms with Crippen LogP contribution in [0.1, 0.15) is 67.7 Å². The summed E-state index contributed by atoms with van der Waals surface area (Å²) in [5.74, 6) is 0. The van der Waals surface area contributed by atoms with Gasteiger partial charge in [-0.1, -0.05) is 27.7 Å². The van der Waals surface area contributed by atoms with Crippen LogP contribution in [0.3, 0.4) is 0 Å². The molecule has 0 atom stereocenters. The number of hydrogen-bond donors (Lipinski definition) is 1. The molecule has 1 aliphatic carbocycles. The van der Waals surface area contributed by atoms with Crippen LogP contribution in [-0.4, -0.2) is 42.8 Å². The number of amides is 1. The highest BCUT2D eigenvalue weighted by Gasteiger charge is 2.38. The van der Waals surface area contributed by atoms with Gasteiger partial charge in [-0.05, 0) is 50.9 Å². The summed E-state index contributed by atoms with van der Waals surface area (Å²) in [6.07, 6.45) is 3.42. The minimum absolute atomic E-state index is 0.251. The summed E-state index contributed by atoms with van der Waals surface area (Å²) >= 11 is 0. The molecule has 0 radical (unpaired) electrons. The first kappa shape index (κ1) is 19.3. The number of nitrogens with one attached hydrogen (secondary N) is 1. The Labute approximate surface area is 137 Å². The smallest absolute Gasteiger partial charge is 0.410 e. The minimum atomic E-state index is -0.434. The van der Waals surface area contributed by atoms with Crippen molar-refractivity contribution < 1.29 is 9.53 Å². The van der Waals surface area contributed by atoms with E-state index < -0.39 is 5.60 Å². The van der Waals surface area contributed by atoms with E-state index in [1.54, 1.807) is 11.9 Å². The summed E-state index contributed by atoms with van der Waals surface area (Å²) in [6.45, 7) is 16.6. The summed E-state index contributed by atoms with van der Waals surface area (Å²) in [5, 5.41) is 3.63. The van der Waals surface area contributed by atoms with Gasteiger partial charge in [-0.25, -0.2) is 4.79 Å². The van der Waals surface area contributed by atoms with Gasteiger partial charge in [-0.15, -0.1) is 0 Å². The van der Waals surface area contributed by atoms with Crippen molar-refractivity contribution in [3.63, 3.8) is 0 Å². The molecule has 4 nitrogen and oxygen atoms in total. The van der Waals surface area contributed by atoms with Gasteiger partial charge in [-0.3, -0.25) is 0 Å². The van der Waals surface area contributed by atoms with Crippen LogP contribution in [-0.2, 0) is 4.74 Å². The van der Waals surface area contributed by atoms with E-state index >= 15 is 0 Å². The second-order valence-corrected chi connectivity index (χ2v) is 9.47. The van der Waals surface area contributed by atoms with Crippen LogP contribution in [0.5, 0.6) is 0 Å². The molecule has 130 valence electrons. The highest BCUT2D eigenvalue weighted by atomic mass is 16.6. The van der Waals surface area contributed by atoms with Gasteiger partial charge in [0.15, 0.2) is 0 Å². The third-order valence-corrected chi connectivity index (χ3v) is 4.14. The quantitative estimate of drug-likeness (QED) is 0.851. The molecule has 0 aromatic rings. The largest absolute Gasteiger partial charge is 0.444 e. The van der Waals surface area contributed by atoms with Crippen molar-refractivity contribution in [1.82, 2.24) is 10.2 Å². The van der Waals surface area contributed by atoms with Crippen LogP contribution < -0.4 is 5.32 Å². The summed E-state index contributed by atoms with van der Waals surface area (Å²) < 4.78 is 5.37. The molecule has 0 aliphatic heterocycles. The lowest BCUT2D eigenvalue weighted by molar-refractivity contribution is 0.0292. The van der Waals surface area contributed by atoms with Crippen molar-refractivity contribution in [2.45, 2.75) is 79.4 Å². The molecule has 0 bridgehead atoms. The molecular formula is C18H36N2O2. The number of nitrogens with zero attached hydrogens (tertiary/aromatic N) is 1. The van der Waals surface area contributed by atoms with Gasteiger partial charge >= 0.3 is 6.09 Å². The molecule has 0 aromatic carbocycles. The molecule has 1 rings (SSSR count). The van der Waals surface area contributed by atoms with Gasteiger partial charge in [0, 0.05) is 26.2 Å². The van der Waals surface area contributed by atoms with Crippen molar-refractivity contribution >= 4 is 6.09 Å². The maximum atomic E-state index is 11.9. The summed E-state index contributed by atoms with van der Waals surface area (Å²) in [5.41, 5.74) is 0.336. The van der Waals surface area contributed by atoms with Gasteiger partial charge in [0.2, 0.25) is 0 Å². The van der Waals surface area contributed by atoms with Crippen molar-refractivity contribution in [3.8, 4) is 0 Å². The fourth-order valence-electron chi connectivity index (χ4n) is 3.86. The third kappa shape index (κ3) is 6.99. The van der Waals surface area contributed by atoms with Gasteiger partial charge in [0.05, 0.1) is 0 Å². The average Bonchev–Trinajstić information content (AvgIpc) is 2.21. The van der Waals surface area contributed by atoms with E-state index in [9.17, 15) is 4.79 Å². The van der Waals surface area contributed by atoms with Gasteiger partial charge in [0.1, 0.15) is 5.60 Å². The van der Waals surface area contributed by atoms with Gasteiger partial charge in [0.25, 0.3) is 0 Å². The zero-order valence-corrected chi connectivity index (χ0v) is 15.9. The van der Waals surface area contributed by atoms with E-state index in [4.69, 9.17) is 4.74 Å². The maximum absolute atomic E-state index is 11.9. The maximum Gasteiger partial charge on any atom is 0.410 e. The first-order valence-electron chi connectivity index (χ1n) is 8.47. The molecular weight excluding hydrogens is 276 g/mol. The monoisotopic (exact) mass is 312 g/mol. The molecule has 4 heteroatoms. The van der Waals surface area contributed by atoms with Crippen LogP contribution in [0.2, 0.25) is 0 Å². The fraction of sp³-hybridized carbons (Fsp3) is 0.944. The Morgan fingerprint density at radius 3 is 2.14 bits per heavy atom. The van der Waals surface area contributed by atoms with Crippen LogP contribution in [0, 0.1) is 10.8 Å². The van der Waals surface area contributed by atoms with E-state index in [2.05, 4.69) is 33.0 Å². The SMILES string of the molecule is CN(CCNC1CC(C)(C)CC(C)(C)C1)C(=O)OC(C)(C)C. The second-order valence-electron chi connectivity index (χ2n) is 9.47. The molecule has 1 N–H and O–H groups in total. The zero-order chi connectivity index (χ0) is 17.2. The lowest BCUT2D eigenvalue weighted by Crippen LogP contribution is -2.46. The van der Waals surface area contributed by atoms with E-state index in [1.165, 1.54) is 19.3 Å². The molecule has 0 aromatic heterocycles. The van der Waals surface area contributed by atoms with E-state index in [0.717, 1.165) is 6.54 Å². The number of rotatable bonds is 4. The summed E-state index contributed by atoms with van der Waals surface area (Å²) in [4.78, 5) is 13.6.